The Kier molecular flexibility index (Phi) is 7.75. The minimum atomic E-state index is -0.312. The zero-order valence-corrected chi connectivity index (χ0v) is 16.5. The molecule has 0 heterocycles. The van der Waals surface area contributed by atoms with E-state index in [0.29, 0.717) is 17.7 Å². The fourth-order valence-corrected chi connectivity index (χ4v) is 2.64. The van der Waals surface area contributed by atoms with Crippen LogP contribution in [0.3, 0.4) is 0 Å². The molecular weight excluding hydrogens is 356 g/mol. The lowest BCUT2D eigenvalue weighted by atomic mass is 10.1. The van der Waals surface area contributed by atoms with Gasteiger partial charge in [-0.25, -0.2) is 0 Å². The Morgan fingerprint density at radius 2 is 1.68 bits per heavy atom. The summed E-state index contributed by atoms with van der Waals surface area (Å²) in [5.74, 6) is -0.0273. The van der Waals surface area contributed by atoms with E-state index in [2.05, 4.69) is 5.32 Å². The number of hydrogen-bond donors (Lipinski definition) is 1. The van der Waals surface area contributed by atoms with E-state index in [1.165, 1.54) is 4.90 Å². The van der Waals surface area contributed by atoms with Crippen LogP contribution in [0, 0.1) is 0 Å². The summed E-state index contributed by atoms with van der Waals surface area (Å²) in [5.41, 5.74) is 2.41. The van der Waals surface area contributed by atoms with Gasteiger partial charge in [-0.15, -0.1) is 0 Å². The Balaban J connectivity index is 1.83. The molecule has 0 saturated carbocycles. The van der Waals surface area contributed by atoms with Crippen molar-refractivity contribution in [2.45, 2.75) is 26.7 Å². The predicted octanol–water partition coefficient (Wildman–Crippen LogP) is 3.32. The van der Waals surface area contributed by atoms with Gasteiger partial charge < -0.3 is 15.0 Å². The number of nitrogens with zero attached hydrogens (tertiary/aromatic N) is 1. The molecule has 0 atom stereocenters. The zero-order valence-electron chi connectivity index (χ0n) is 16.5. The van der Waals surface area contributed by atoms with Crippen molar-refractivity contribution in [3.63, 3.8) is 0 Å². The monoisotopic (exact) mass is 382 g/mol. The van der Waals surface area contributed by atoms with Gasteiger partial charge in [0.25, 0.3) is 5.91 Å². The number of Topliss-reactive ketones (excluding diaryl/α,β-unsaturated/α-hetero) is 1. The summed E-state index contributed by atoms with van der Waals surface area (Å²) in [5, 5.41) is 2.84. The molecule has 0 spiro atoms. The summed E-state index contributed by atoms with van der Waals surface area (Å²) in [4.78, 5) is 37.4. The molecular formula is C22H26N2O4. The third-order valence-electron chi connectivity index (χ3n) is 4.34. The highest BCUT2D eigenvalue weighted by molar-refractivity contribution is 5.96. The van der Waals surface area contributed by atoms with Crippen LogP contribution in [-0.4, -0.2) is 42.7 Å². The quantitative estimate of drug-likeness (QED) is 0.675. The largest absolute Gasteiger partial charge is 0.484 e. The average molecular weight is 382 g/mol. The van der Waals surface area contributed by atoms with Crippen molar-refractivity contribution in [3.8, 4) is 5.75 Å². The van der Waals surface area contributed by atoms with Crippen LogP contribution in [0.4, 0.5) is 5.69 Å². The van der Waals surface area contributed by atoms with Crippen LogP contribution in [0.25, 0.3) is 0 Å². The van der Waals surface area contributed by atoms with E-state index in [4.69, 9.17) is 4.74 Å². The summed E-state index contributed by atoms with van der Waals surface area (Å²) in [7, 11) is 1.56. The van der Waals surface area contributed by atoms with Gasteiger partial charge >= 0.3 is 0 Å². The van der Waals surface area contributed by atoms with Gasteiger partial charge in [-0.3, -0.25) is 14.4 Å². The number of carbonyl (C=O) groups excluding carboxylic acids is 3. The highest BCUT2D eigenvalue weighted by Gasteiger charge is 2.15. The van der Waals surface area contributed by atoms with E-state index in [-0.39, 0.29) is 30.7 Å². The summed E-state index contributed by atoms with van der Waals surface area (Å²) >= 11 is 0. The van der Waals surface area contributed by atoms with Gasteiger partial charge in [0, 0.05) is 24.7 Å². The van der Waals surface area contributed by atoms with Crippen LogP contribution in [0.5, 0.6) is 5.75 Å². The molecule has 148 valence electrons. The first-order chi connectivity index (χ1) is 13.4. The molecule has 0 aromatic heterocycles. The van der Waals surface area contributed by atoms with E-state index in [1.54, 1.807) is 38.2 Å². The Labute approximate surface area is 165 Å². The first kappa shape index (κ1) is 21.2. The molecule has 0 aliphatic heterocycles. The van der Waals surface area contributed by atoms with E-state index in [9.17, 15) is 14.4 Å². The molecule has 2 aromatic rings. The highest BCUT2D eigenvalue weighted by atomic mass is 16.5. The van der Waals surface area contributed by atoms with E-state index in [1.807, 2.05) is 31.2 Å². The molecule has 6 nitrogen and oxygen atoms in total. The van der Waals surface area contributed by atoms with Crippen LogP contribution in [-0.2, 0) is 16.0 Å². The smallest absolute Gasteiger partial charge is 0.260 e. The number of para-hydroxylation sites is 1. The molecule has 0 fully saturated rings. The van der Waals surface area contributed by atoms with Gasteiger partial charge in [-0.05, 0) is 42.3 Å². The fourth-order valence-electron chi connectivity index (χ4n) is 2.64. The number of benzene rings is 2. The van der Waals surface area contributed by atoms with E-state index >= 15 is 0 Å². The Bertz CT molecular complexity index is 831. The molecule has 0 unspecified atom stereocenters. The van der Waals surface area contributed by atoms with Crippen LogP contribution in [0.1, 0.15) is 36.2 Å². The third-order valence-corrected chi connectivity index (χ3v) is 4.34. The molecule has 2 rings (SSSR count). The number of ether oxygens (including phenoxy) is 1. The number of amides is 2. The summed E-state index contributed by atoms with van der Waals surface area (Å²) in [6, 6.07) is 14.2. The maximum absolute atomic E-state index is 12.2. The first-order valence-corrected chi connectivity index (χ1v) is 9.32. The van der Waals surface area contributed by atoms with Crippen LogP contribution < -0.4 is 10.1 Å². The predicted molar refractivity (Wildman–Crippen MR) is 109 cm³/mol. The number of carbonyl (C=O) groups is 3. The lowest BCUT2D eigenvalue weighted by Gasteiger charge is -2.18. The maximum atomic E-state index is 12.2. The number of nitrogens with one attached hydrogen (secondary N) is 1. The summed E-state index contributed by atoms with van der Waals surface area (Å²) in [6.07, 6.45) is 1.25. The second kappa shape index (κ2) is 10.3. The van der Waals surface area contributed by atoms with Gasteiger partial charge in [-0.1, -0.05) is 32.0 Å². The van der Waals surface area contributed by atoms with Crippen LogP contribution in [0.15, 0.2) is 48.5 Å². The number of likely N-dealkylation sites (N-methyl/N-ethyl adjacent to an activating group) is 1. The second-order valence-corrected chi connectivity index (χ2v) is 6.40. The zero-order chi connectivity index (χ0) is 20.5. The molecule has 6 heteroatoms. The van der Waals surface area contributed by atoms with Crippen molar-refractivity contribution >= 4 is 23.3 Å². The summed E-state index contributed by atoms with van der Waals surface area (Å²) < 4.78 is 5.46. The fraction of sp³-hybridized carbons (Fsp3) is 0.318. The highest BCUT2D eigenvalue weighted by Crippen LogP contribution is 2.15. The normalized spacial score (nSPS) is 10.2. The molecule has 0 aliphatic carbocycles. The average Bonchev–Trinajstić information content (AvgIpc) is 2.72. The molecule has 28 heavy (non-hydrogen) atoms. The van der Waals surface area contributed by atoms with Crippen LogP contribution in [0.2, 0.25) is 0 Å². The van der Waals surface area contributed by atoms with Gasteiger partial charge in [-0.2, -0.15) is 0 Å². The number of hydrogen-bond acceptors (Lipinski definition) is 4. The van der Waals surface area contributed by atoms with Gasteiger partial charge in [0.15, 0.2) is 12.4 Å². The molecule has 2 aromatic carbocycles. The lowest BCUT2D eigenvalue weighted by Crippen LogP contribution is -2.37. The number of rotatable bonds is 9. The molecule has 2 amide bonds. The van der Waals surface area contributed by atoms with Crippen molar-refractivity contribution in [1.82, 2.24) is 4.90 Å². The second-order valence-electron chi connectivity index (χ2n) is 6.40. The molecule has 0 radical (unpaired) electrons. The van der Waals surface area contributed by atoms with Gasteiger partial charge in [0.1, 0.15) is 5.75 Å². The number of ketones is 1. The van der Waals surface area contributed by atoms with Crippen molar-refractivity contribution in [1.29, 1.82) is 0 Å². The van der Waals surface area contributed by atoms with E-state index < -0.39 is 0 Å². The molecule has 0 aliphatic rings. The van der Waals surface area contributed by atoms with Crippen molar-refractivity contribution in [2.75, 3.05) is 25.5 Å². The standard InChI is InChI=1S/C22H26N2O4/c1-4-16-8-6-7-9-19(16)23-21(26)14-24(3)22(27)15-28-18-12-10-17(11-13-18)20(25)5-2/h6-13H,4-5,14-15H2,1-3H3,(H,23,26). The van der Waals surface area contributed by atoms with Gasteiger partial charge in [0.05, 0.1) is 6.54 Å². The maximum Gasteiger partial charge on any atom is 0.260 e. The van der Waals surface area contributed by atoms with E-state index in [0.717, 1.165) is 17.7 Å². The lowest BCUT2D eigenvalue weighted by molar-refractivity contribution is -0.135. The minimum Gasteiger partial charge on any atom is -0.484 e. The van der Waals surface area contributed by atoms with Gasteiger partial charge in [0.2, 0.25) is 5.91 Å². The number of aryl methyl sites for hydroxylation is 1. The topological polar surface area (TPSA) is 75.7 Å². The van der Waals surface area contributed by atoms with Crippen LogP contribution >= 0.6 is 0 Å². The minimum absolute atomic E-state index is 0.0537. The summed E-state index contributed by atoms with van der Waals surface area (Å²) in [6.45, 7) is 3.57. The number of anilines is 1. The third kappa shape index (κ3) is 5.94. The molecule has 0 bridgehead atoms. The van der Waals surface area contributed by atoms with Crippen molar-refractivity contribution in [2.24, 2.45) is 0 Å². The molecule has 0 saturated heterocycles. The van der Waals surface area contributed by atoms with Crippen molar-refractivity contribution < 1.29 is 19.1 Å². The Morgan fingerprint density at radius 1 is 1.00 bits per heavy atom. The molecule has 1 N–H and O–H groups in total. The Hall–Kier alpha value is -3.15. The van der Waals surface area contributed by atoms with Crippen molar-refractivity contribution in [3.05, 3.63) is 59.7 Å². The Morgan fingerprint density at radius 3 is 2.32 bits per heavy atom. The first-order valence-electron chi connectivity index (χ1n) is 9.32. The SMILES string of the molecule is CCC(=O)c1ccc(OCC(=O)N(C)CC(=O)Nc2ccccc2CC)cc1.